The highest BCUT2D eigenvalue weighted by Crippen LogP contribution is 2.43. The van der Waals surface area contributed by atoms with Gasteiger partial charge in [0.05, 0.1) is 26.2 Å². The van der Waals surface area contributed by atoms with Gasteiger partial charge in [-0.15, -0.1) is 0 Å². The van der Waals surface area contributed by atoms with E-state index < -0.39 is 124 Å². The van der Waals surface area contributed by atoms with Crippen molar-refractivity contribution in [3.05, 3.63) is 212 Å². The molecule has 0 saturated heterocycles. The molecule has 53 heavy (non-hydrogen) atoms. The summed E-state index contributed by atoms with van der Waals surface area (Å²) in [6.45, 7) is 0. The van der Waals surface area contributed by atoms with E-state index in [1.165, 1.54) is 0 Å². The second-order valence-corrected chi connectivity index (χ2v) is 12.5. The molecule has 10 aromatic rings. The number of nitrogens with zero attached hydrogens (tertiary/aromatic N) is 1. The lowest BCUT2D eigenvalue weighted by Gasteiger charge is -2.28. The molecule has 0 radical (unpaired) electrons. The minimum Gasteiger partial charge on any atom is -0.310 e. The molecular weight excluding hydrogens is 639 g/mol. The van der Waals surface area contributed by atoms with E-state index in [1.807, 2.05) is 121 Å². The zero-order chi connectivity index (χ0) is 48.2. The maximum Gasteiger partial charge on any atom is 0.0645 e. The van der Waals surface area contributed by atoms with Crippen LogP contribution < -0.4 is 4.90 Å². The third-order valence-electron chi connectivity index (χ3n) is 9.42. The number of rotatable bonds is 6. The summed E-state index contributed by atoms with van der Waals surface area (Å²) in [6.07, 6.45) is 0. The van der Waals surface area contributed by atoms with Crippen LogP contribution >= 0.6 is 0 Å². The van der Waals surface area contributed by atoms with Gasteiger partial charge in [0, 0.05) is 16.8 Å². The third kappa shape index (κ3) is 5.60. The third-order valence-corrected chi connectivity index (χ3v) is 9.42. The highest BCUT2D eigenvalue weighted by Gasteiger charge is 2.18. The Labute approximate surface area is 330 Å². The molecule has 0 unspecified atom stereocenters. The summed E-state index contributed by atoms with van der Waals surface area (Å²) < 4.78 is 135. The second kappa shape index (κ2) is 13.0. The molecule has 0 aromatic heterocycles. The highest BCUT2D eigenvalue weighted by atomic mass is 15.1. The van der Waals surface area contributed by atoms with Gasteiger partial charge >= 0.3 is 0 Å². The molecule has 10 aromatic carbocycles. The second-order valence-electron chi connectivity index (χ2n) is 12.5. The van der Waals surface area contributed by atoms with Gasteiger partial charge in [-0.05, 0) is 113 Å². The Kier molecular flexibility index (Phi) is 4.66. The fourth-order valence-electron chi connectivity index (χ4n) is 6.92. The average molecular weight is 689 g/mol. The van der Waals surface area contributed by atoms with E-state index in [0.717, 1.165) is 43.4 Å². The van der Waals surface area contributed by atoms with E-state index >= 15 is 0 Å². The van der Waals surface area contributed by atoms with Crippen molar-refractivity contribution in [3.63, 3.8) is 0 Å². The topological polar surface area (TPSA) is 3.24 Å². The van der Waals surface area contributed by atoms with Gasteiger partial charge in [0.25, 0.3) is 0 Å². The number of fused-ring (bicyclic) bond motifs is 5. The fraction of sp³-hybridized carbons (Fsp3) is 0. The molecule has 1 nitrogen and oxygen atoms in total. The van der Waals surface area contributed by atoms with Crippen molar-refractivity contribution in [1.29, 1.82) is 0 Å². The van der Waals surface area contributed by atoms with Crippen LogP contribution in [0.25, 0.3) is 76.5 Å². The van der Waals surface area contributed by atoms with E-state index in [1.54, 1.807) is 4.90 Å². The Balaban J connectivity index is 1.24. The quantitative estimate of drug-likeness (QED) is 0.157. The molecule has 1 heteroatoms. The smallest absolute Gasteiger partial charge is 0.0645 e. The van der Waals surface area contributed by atoms with Gasteiger partial charge in [0.15, 0.2) is 0 Å². The van der Waals surface area contributed by atoms with Crippen molar-refractivity contribution in [2.24, 2.45) is 0 Å². The first-order valence-electron chi connectivity index (χ1n) is 24.5. The molecule has 0 aliphatic carbocycles. The molecule has 0 fully saturated rings. The van der Waals surface area contributed by atoms with Crippen molar-refractivity contribution >= 4 is 60.2 Å². The molecule has 0 atom stereocenters. The Bertz CT molecular complexity index is 3750. The van der Waals surface area contributed by atoms with E-state index in [2.05, 4.69) is 0 Å². The van der Waals surface area contributed by atoms with Gasteiger partial charge < -0.3 is 4.90 Å². The van der Waals surface area contributed by atoms with Crippen molar-refractivity contribution in [2.45, 2.75) is 0 Å². The van der Waals surface area contributed by atoms with Crippen LogP contribution in [0.2, 0.25) is 0 Å². The van der Waals surface area contributed by atoms with Crippen LogP contribution in [-0.2, 0) is 0 Å². The Morgan fingerprint density at radius 1 is 0.340 bits per heavy atom. The first-order chi connectivity index (χ1) is 32.5. The van der Waals surface area contributed by atoms with Crippen molar-refractivity contribution < 1.29 is 20.6 Å². The first-order valence-corrected chi connectivity index (χ1v) is 17.0. The SMILES string of the molecule is [2H]c1c([2H])c([2H])c(-c2c([2H])c([2H])c3c([2H])c([2H])c(-c4c([2H])c([2H])c(N(c5ccc(-c6cccc7ccccc67)cc5)c5cc6ccccc6c6ccccc56)c([2H])c4[2H])c([2H])c3c2[2H])c([2H])c1[2H]. The van der Waals surface area contributed by atoms with Crippen LogP contribution in [0.3, 0.4) is 0 Å². The highest BCUT2D eigenvalue weighted by molar-refractivity contribution is 6.14. The van der Waals surface area contributed by atoms with E-state index in [4.69, 9.17) is 12.3 Å². The molecule has 0 heterocycles. The standard InChI is InChI=1S/C52H35N/c1-2-11-36(12-3-1)41-23-21-38-22-24-42(34-44(38)33-41)37-25-29-45(30-26-37)53(52-35-43-14-5-7-17-49(43)50-18-8-9-19-51(50)52)46-31-27-40(28-32-46)48-20-10-15-39-13-4-6-16-47(39)48/h1-35H/i1D,2D,3D,11D,12D,21D,22D,23D,24D,25D,26D,29D,30D,33D,34D. The molecule has 0 N–H and O–H groups in total. The summed E-state index contributed by atoms with van der Waals surface area (Å²) in [5.41, 5.74) is 0.566. The predicted octanol–water partition coefficient (Wildman–Crippen LogP) is 14.8. The van der Waals surface area contributed by atoms with E-state index in [9.17, 15) is 8.22 Å². The zero-order valence-electron chi connectivity index (χ0n) is 43.0. The van der Waals surface area contributed by atoms with E-state index in [0.29, 0.717) is 11.4 Å². The Hall–Kier alpha value is -6.96. The molecule has 0 saturated carbocycles. The van der Waals surface area contributed by atoms with E-state index in [-0.39, 0.29) is 5.69 Å². The van der Waals surface area contributed by atoms with Gasteiger partial charge in [-0.25, -0.2) is 0 Å². The summed E-state index contributed by atoms with van der Waals surface area (Å²) in [4.78, 5) is 1.67. The van der Waals surface area contributed by atoms with Gasteiger partial charge in [0.1, 0.15) is 0 Å². The molecule has 0 aliphatic heterocycles. The molecule has 0 amide bonds. The zero-order valence-corrected chi connectivity index (χ0v) is 28.0. The van der Waals surface area contributed by atoms with Crippen LogP contribution in [0.15, 0.2) is 212 Å². The predicted molar refractivity (Wildman–Crippen MR) is 227 cm³/mol. The summed E-state index contributed by atoms with van der Waals surface area (Å²) in [5, 5.41) is 4.57. The average Bonchev–Trinajstić information content (AvgIpc) is 3.35. The van der Waals surface area contributed by atoms with Crippen molar-refractivity contribution in [2.75, 3.05) is 4.90 Å². The van der Waals surface area contributed by atoms with Gasteiger partial charge in [-0.1, -0.05) is 170 Å². The lowest BCUT2D eigenvalue weighted by atomic mass is 9.96. The first kappa shape index (κ1) is 19.0. The Morgan fingerprint density at radius 3 is 1.66 bits per heavy atom. The van der Waals surface area contributed by atoms with Crippen LogP contribution in [0.1, 0.15) is 20.6 Å². The number of benzene rings is 10. The van der Waals surface area contributed by atoms with Crippen LogP contribution in [0.4, 0.5) is 17.1 Å². The summed E-state index contributed by atoms with van der Waals surface area (Å²) in [7, 11) is 0. The molecule has 0 aliphatic rings. The van der Waals surface area contributed by atoms with Crippen molar-refractivity contribution in [3.8, 4) is 33.4 Å². The molecule has 0 spiro atoms. The van der Waals surface area contributed by atoms with Gasteiger partial charge in [0.2, 0.25) is 0 Å². The molecular formula is C52H35N. The van der Waals surface area contributed by atoms with Crippen molar-refractivity contribution in [1.82, 2.24) is 0 Å². The fourth-order valence-corrected chi connectivity index (χ4v) is 6.92. The molecule has 10 rings (SSSR count). The molecule has 0 bridgehead atoms. The molecule has 248 valence electrons. The van der Waals surface area contributed by atoms with Crippen LogP contribution in [0.5, 0.6) is 0 Å². The number of hydrogen-bond acceptors (Lipinski definition) is 1. The minimum atomic E-state index is -0.763. The summed E-state index contributed by atoms with van der Waals surface area (Å²) in [5.74, 6) is 0. The minimum absolute atomic E-state index is 0.149. The summed E-state index contributed by atoms with van der Waals surface area (Å²) in [6, 6.07) is 28.4. The van der Waals surface area contributed by atoms with Crippen LogP contribution in [0, 0.1) is 0 Å². The maximum absolute atomic E-state index is 9.72. The largest absolute Gasteiger partial charge is 0.310 e. The lowest BCUT2D eigenvalue weighted by molar-refractivity contribution is 1.30. The lowest BCUT2D eigenvalue weighted by Crippen LogP contribution is -2.10. The van der Waals surface area contributed by atoms with Gasteiger partial charge in [-0.2, -0.15) is 0 Å². The normalized spacial score (nSPS) is 15.4. The monoisotopic (exact) mass is 688 g/mol. The van der Waals surface area contributed by atoms with Crippen LogP contribution in [-0.4, -0.2) is 0 Å². The summed E-state index contributed by atoms with van der Waals surface area (Å²) >= 11 is 0. The number of hydrogen-bond donors (Lipinski definition) is 0. The van der Waals surface area contributed by atoms with Gasteiger partial charge in [-0.3, -0.25) is 0 Å². The number of anilines is 3. The maximum atomic E-state index is 9.72. The Morgan fingerprint density at radius 2 is 0.925 bits per heavy atom.